The standard InChI is InChI=1S/C23H23N/c1-18-10-14-22(15-11-18)24(21-8-3-2-4-9-21)23-16-12-20(13-17-23)19-6-5-7-19/h2-4,8-17,19H,5-7H2,1H3. The quantitative estimate of drug-likeness (QED) is 0.516. The second kappa shape index (κ2) is 6.52. The molecule has 0 unspecified atom stereocenters. The van der Waals surface area contributed by atoms with E-state index in [1.165, 1.54) is 47.5 Å². The second-order valence-electron chi connectivity index (χ2n) is 6.73. The van der Waals surface area contributed by atoms with Crippen molar-refractivity contribution < 1.29 is 0 Å². The van der Waals surface area contributed by atoms with E-state index in [0.717, 1.165) is 5.92 Å². The summed E-state index contributed by atoms with van der Waals surface area (Å²) in [4.78, 5) is 2.32. The van der Waals surface area contributed by atoms with Crippen LogP contribution in [0, 0.1) is 6.92 Å². The van der Waals surface area contributed by atoms with Gasteiger partial charge in [0.25, 0.3) is 0 Å². The SMILES string of the molecule is Cc1ccc(N(c2ccccc2)c2ccc(C3CCC3)cc2)cc1. The highest BCUT2D eigenvalue weighted by atomic mass is 15.1. The molecule has 1 heteroatoms. The van der Waals surface area contributed by atoms with Gasteiger partial charge in [0, 0.05) is 17.1 Å². The van der Waals surface area contributed by atoms with E-state index in [9.17, 15) is 0 Å². The van der Waals surface area contributed by atoms with Crippen molar-refractivity contribution in [2.45, 2.75) is 32.1 Å². The summed E-state index contributed by atoms with van der Waals surface area (Å²) in [5, 5.41) is 0. The van der Waals surface area contributed by atoms with Crippen LogP contribution in [0.3, 0.4) is 0 Å². The molecular formula is C23H23N. The second-order valence-corrected chi connectivity index (χ2v) is 6.73. The zero-order valence-electron chi connectivity index (χ0n) is 14.2. The summed E-state index contributed by atoms with van der Waals surface area (Å²) in [6.45, 7) is 2.13. The lowest BCUT2D eigenvalue weighted by Gasteiger charge is -2.28. The molecule has 0 saturated heterocycles. The van der Waals surface area contributed by atoms with Crippen LogP contribution in [0.25, 0.3) is 0 Å². The first-order valence-corrected chi connectivity index (χ1v) is 8.83. The fourth-order valence-electron chi connectivity index (χ4n) is 3.36. The molecule has 0 aromatic heterocycles. The molecule has 0 spiro atoms. The third-order valence-corrected chi connectivity index (χ3v) is 5.03. The van der Waals surface area contributed by atoms with Gasteiger partial charge in [-0.2, -0.15) is 0 Å². The van der Waals surface area contributed by atoms with Gasteiger partial charge < -0.3 is 4.90 Å². The van der Waals surface area contributed by atoms with Crippen molar-refractivity contribution in [2.24, 2.45) is 0 Å². The molecule has 0 atom stereocenters. The maximum absolute atomic E-state index is 2.32. The topological polar surface area (TPSA) is 3.24 Å². The summed E-state index contributed by atoms with van der Waals surface area (Å²) < 4.78 is 0. The number of para-hydroxylation sites is 1. The van der Waals surface area contributed by atoms with Crippen LogP contribution >= 0.6 is 0 Å². The molecule has 1 aliphatic rings. The first kappa shape index (κ1) is 15.0. The molecule has 1 aliphatic carbocycles. The Labute approximate surface area is 144 Å². The monoisotopic (exact) mass is 313 g/mol. The van der Waals surface area contributed by atoms with E-state index in [4.69, 9.17) is 0 Å². The third-order valence-electron chi connectivity index (χ3n) is 5.03. The smallest absolute Gasteiger partial charge is 0.0461 e. The van der Waals surface area contributed by atoms with Crippen LogP contribution in [-0.4, -0.2) is 0 Å². The summed E-state index contributed by atoms with van der Waals surface area (Å²) in [7, 11) is 0. The molecule has 1 fully saturated rings. The predicted octanol–water partition coefficient (Wildman–Crippen LogP) is 6.73. The Morgan fingerprint density at radius 1 is 0.667 bits per heavy atom. The van der Waals surface area contributed by atoms with E-state index in [2.05, 4.69) is 90.7 Å². The molecule has 3 aromatic carbocycles. The van der Waals surface area contributed by atoms with Crippen LogP contribution in [0.4, 0.5) is 17.1 Å². The number of rotatable bonds is 4. The van der Waals surface area contributed by atoms with Gasteiger partial charge in [0.15, 0.2) is 0 Å². The van der Waals surface area contributed by atoms with Crippen molar-refractivity contribution in [2.75, 3.05) is 4.90 Å². The van der Waals surface area contributed by atoms with Crippen LogP contribution in [0.15, 0.2) is 78.9 Å². The van der Waals surface area contributed by atoms with Gasteiger partial charge in [-0.1, -0.05) is 54.4 Å². The average Bonchev–Trinajstić information content (AvgIpc) is 2.58. The van der Waals surface area contributed by atoms with Gasteiger partial charge in [0.1, 0.15) is 0 Å². The van der Waals surface area contributed by atoms with E-state index in [1.807, 2.05) is 0 Å². The minimum Gasteiger partial charge on any atom is -0.311 e. The molecule has 0 N–H and O–H groups in total. The van der Waals surface area contributed by atoms with E-state index in [1.54, 1.807) is 0 Å². The van der Waals surface area contributed by atoms with Crippen LogP contribution < -0.4 is 4.90 Å². The van der Waals surface area contributed by atoms with Crippen molar-refractivity contribution in [1.29, 1.82) is 0 Å². The molecule has 0 amide bonds. The van der Waals surface area contributed by atoms with E-state index < -0.39 is 0 Å². The number of anilines is 3. The fourth-order valence-corrected chi connectivity index (χ4v) is 3.36. The zero-order chi connectivity index (χ0) is 16.4. The summed E-state index contributed by atoms with van der Waals surface area (Å²) in [5.41, 5.74) is 6.38. The van der Waals surface area contributed by atoms with Crippen molar-refractivity contribution in [3.05, 3.63) is 90.0 Å². The van der Waals surface area contributed by atoms with Gasteiger partial charge in [-0.3, -0.25) is 0 Å². The molecule has 3 aromatic rings. The normalized spacial score (nSPS) is 14.2. The molecule has 0 radical (unpaired) electrons. The predicted molar refractivity (Wildman–Crippen MR) is 102 cm³/mol. The van der Waals surface area contributed by atoms with Crippen LogP contribution in [0.5, 0.6) is 0 Å². The minimum atomic E-state index is 0.781. The Kier molecular flexibility index (Phi) is 4.08. The largest absolute Gasteiger partial charge is 0.311 e. The van der Waals surface area contributed by atoms with Crippen molar-refractivity contribution in [3.8, 4) is 0 Å². The molecule has 120 valence electrons. The number of nitrogens with zero attached hydrogens (tertiary/aromatic N) is 1. The van der Waals surface area contributed by atoms with Crippen molar-refractivity contribution in [3.63, 3.8) is 0 Å². The molecule has 24 heavy (non-hydrogen) atoms. The maximum atomic E-state index is 2.32. The van der Waals surface area contributed by atoms with Gasteiger partial charge in [-0.05, 0) is 67.6 Å². The summed E-state index contributed by atoms with van der Waals surface area (Å²) in [6, 6.07) is 28.5. The highest BCUT2D eigenvalue weighted by molar-refractivity contribution is 5.76. The number of hydrogen-bond donors (Lipinski definition) is 0. The van der Waals surface area contributed by atoms with Crippen molar-refractivity contribution in [1.82, 2.24) is 0 Å². The Morgan fingerprint density at radius 3 is 1.75 bits per heavy atom. The Balaban J connectivity index is 1.73. The van der Waals surface area contributed by atoms with E-state index in [0.29, 0.717) is 0 Å². The molecule has 1 nitrogen and oxygen atoms in total. The number of benzene rings is 3. The summed E-state index contributed by atoms with van der Waals surface area (Å²) >= 11 is 0. The first-order valence-electron chi connectivity index (χ1n) is 8.83. The van der Waals surface area contributed by atoms with Crippen LogP contribution in [0.1, 0.15) is 36.3 Å². The molecule has 4 rings (SSSR count). The summed E-state index contributed by atoms with van der Waals surface area (Å²) in [6.07, 6.45) is 4.07. The van der Waals surface area contributed by atoms with Gasteiger partial charge in [-0.15, -0.1) is 0 Å². The molecule has 0 bridgehead atoms. The third kappa shape index (κ3) is 2.94. The Bertz CT molecular complexity index is 784. The van der Waals surface area contributed by atoms with Gasteiger partial charge in [-0.25, -0.2) is 0 Å². The minimum absolute atomic E-state index is 0.781. The highest BCUT2D eigenvalue weighted by Gasteiger charge is 2.20. The zero-order valence-corrected chi connectivity index (χ0v) is 14.2. The van der Waals surface area contributed by atoms with E-state index >= 15 is 0 Å². The molecular weight excluding hydrogens is 290 g/mol. The maximum Gasteiger partial charge on any atom is 0.0461 e. The molecule has 0 aliphatic heterocycles. The number of aryl methyl sites for hydroxylation is 1. The first-order chi connectivity index (χ1) is 11.8. The Hall–Kier alpha value is -2.54. The molecule has 1 saturated carbocycles. The van der Waals surface area contributed by atoms with Crippen LogP contribution in [0.2, 0.25) is 0 Å². The summed E-state index contributed by atoms with van der Waals surface area (Å²) in [5.74, 6) is 0.781. The van der Waals surface area contributed by atoms with E-state index in [-0.39, 0.29) is 0 Å². The fraction of sp³-hybridized carbons (Fsp3) is 0.217. The Morgan fingerprint density at radius 2 is 1.21 bits per heavy atom. The van der Waals surface area contributed by atoms with Gasteiger partial charge in [0.2, 0.25) is 0 Å². The lowest BCUT2D eigenvalue weighted by Crippen LogP contribution is -2.11. The average molecular weight is 313 g/mol. The lowest BCUT2D eigenvalue weighted by atomic mass is 9.80. The van der Waals surface area contributed by atoms with Gasteiger partial charge >= 0.3 is 0 Å². The molecule has 0 heterocycles. The number of hydrogen-bond acceptors (Lipinski definition) is 1. The van der Waals surface area contributed by atoms with Crippen LogP contribution in [-0.2, 0) is 0 Å². The van der Waals surface area contributed by atoms with Crippen molar-refractivity contribution >= 4 is 17.1 Å². The van der Waals surface area contributed by atoms with Gasteiger partial charge in [0.05, 0.1) is 0 Å². The highest BCUT2D eigenvalue weighted by Crippen LogP contribution is 2.39. The lowest BCUT2D eigenvalue weighted by molar-refractivity contribution is 0.420.